The molecule has 2 N–H and O–H groups in total. The quantitative estimate of drug-likeness (QED) is 0.789. The maximum absolute atomic E-state index is 13.6. The van der Waals surface area contributed by atoms with Crippen molar-refractivity contribution in [1.82, 2.24) is 10.6 Å². The van der Waals surface area contributed by atoms with E-state index in [2.05, 4.69) is 26.6 Å². The molecular weight excluding hydrogens is 363 g/mol. The standard InChI is InChI=1S/C17H14BrFN2O2/c18-9-5-8(1-2-10(9)19)15-16-11(3-4-13(16)22)21-12-6-20-7-14(23)17(12)15/h1-2,5,15,20-21H,3-4,6-7H2. The molecule has 0 saturated carbocycles. The minimum absolute atomic E-state index is 0.0181. The molecule has 3 aliphatic rings. The largest absolute Gasteiger partial charge is 0.360 e. The third-order valence-electron chi connectivity index (χ3n) is 4.60. The van der Waals surface area contributed by atoms with Gasteiger partial charge >= 0.3 is 0 Å². The summed E-state index contributed by atoms with van der Waals surface area (Å²) in [5.74, 6) is -0.713. The molecule has 1 aliphatic carbocycles. The second-order valence-corrected chi connectivity index (χ2v) is 6.82. The average molecular weight is 377 g/mol. The van der Waals surface area contributed by atoms with Crippen LogP contribution in [0.25, 0.3) is 0 Å². The van der Waals surface area contributed by atoms with E-state index < -0.39 is 5.92 Å². The van der Waals surface area contributed by atoms with E-state index in [9.17, 15) is 14.0 Å². The molecule has 1 aromatic rings. The van der Waals surface area contributed by atoms with Crippen molar-refractivity contribution in [2.24, 2.45) is 0 Å². The number of nitrogens with one attached hydrogen (secondary N) is 2. The van der Waals surface area contributed by atoms with Gasteiger partial charge in [0.05, 0.1) is 11.0 Å². The zero-order valence-electron chi connectivity index (χ0n) is 12.2. The van der Waals surface area contributed by atoms with Crippen molar-refractivity contribution in [1.29, 1.82) is 0 Å². The summed E-state index contributed by atoms with van der Waals surface area (Å²) in [6.07, 6.45) is 1.12. The number of hydrogen-bond acceptors (Lipinski definition) is 4. The molecule has 0 spiro atoms. The minimum Gasteiger partial charge on any atom is -0.360 e. The molecule has 0 radical (unpaired) electrons. The van der Waals surface area contributed by atoms with Crippen LogP contribution in [0, 0.1) is 5.82 Å². The highest BCUT2D eigenvalue weighted by molar-refractivity contribution is 9.10. The Morgan fingerprint density at radius 3 is 2.61 bits per heavy atom. The summed E-state index contributed by atoms with van der Waals surface area (Å²) in [6.45, 7) is 0.834. The lowest BCUT2D eigenvalue weighted by atomic mass is 9.77. The number of halogens is 2. The van der Waals surface area contributed by atoms with Crippen LogP contribution in [-0.2, 0) is 9.59 Å². The van der Waals surface area contributed by atoms with E-state index >= 15 is 0 Å². The zero-order valence-corrected chi connectivity index (χ0v) is 13.8. The SMILES string of the molecule is O=C1CCC2=C1C(c1ccc(F)c(Br)c1)C1=C(CNCC1=O)N2. The van der Waals surface area contributed by atoms with Gasteiger partial charge in [-0.25, -0.2) is 4.39 Å². The molecule has 0 aromatic heterocycles. The summed E-state index contributed by atoms with van der Waals surface area (Å²) in [4.78, 5) is 24.9. The van der Waals surface area contributed by atoms with E-state index in [4.69, 9.17) is 0 Å². The maximum Gasteiger partial charge on any atom is 0.175 e. The Kier molecular flexibility index (Phi) is 3.46. The van der Waals surface area contributed by atoms with Crippen molar-refractivity contribution in [2.45, 2.75) is 18.8 Å². The van der Waals surface area contributed by atoms with Gasteiger partial charge in [-0.1, -0.05) is 6.07 Å². The van der Waals surface area contributed by atoms with Gasteiger partial charge in [0.1, 0.15) is 5.82 Å². The number of hydrogen-bond donors (Lipinski definition) is 2. The number of benzene rings is 1. The van der Waals surface area contributed by atoms with Gasteiger partial charge in [0, 0.05) is 41.4 Å². The highest BCUT2D eigenvalue weighted by Crippen LogP contribution is 2.44. The summed E-state index contributed by atoms with van der Waals surface area (Å²) < 4.78 is 13.9. The van der Waals surface area contributed by atoms with Crippen LogP contribution in [0.15, 0.2) is 45.2 Å². The Hall–Kier alpha value is -1.79. The van der Waals surface area contributed by atoms with E-state index in [0.29, 0.717) is 35.0 Å². The fourth-order valence-corrected chi connectivity index (χ4v) is 4.00. The molecule has 1 aromatic carbocycles. The van der Waals surface area contributed by atoms with Crippen molar-refractivity contribution >= 4 is 27.5 Å². The normalized spacial score (nSPS) is 23.8. The number of dihydropyridines is 1. The maximum atomic E-state index is 13.6. The summed E-state index contributed by atoms with van der Waals surface area (Å²) >= 11 is 3.20. The topological polar surface area (TPSA) is 58.2 Å². The lowest BCUT2D eigenvalue weighted by Crippen LogP contribution is -2.42. The van der Waals surface area contributed by atoms with E-state index in [-0.39, 0.29) is 23.9 Å². The number of carbonyl (C=O) groups excluding carboxylic acids is 2. The second kappa shape index (κ2) is 5.39. The van der Waals surface area contributed by atoms with Crippen LogP contribution in [0.2, 0.25) is 0 Å². The van der Waals surface area contributed by atoms with Crippen molar-refractivity contribution in [3.8, 4) is 0 Å². The minimum atomic E-state index is -0.400. The van der Waals surface area contributed by atoms with Crippen molar-refractivity contribution < 1.29 is 14.0 Å². The van der Waals surface area contributed by atoms with Crippen LogP contribution < -0.4 is 10.6 Å². The second-order valence-electron chi connectivity index (χ2n) is 5.97. The first kappa shape index (κ1) is 14.8. The van der Waals surface area contributed by atoms with Gasteiger partial charge in [0.15, 0.2) is 11.6 Å². The first-order valence-electron chi connectivity index (χ1n) is 7.51. The van der Waals surface area contributed by atoms with Gasteiger partial charge < -0.3 is 10.6 Å². The fraction of sp³-hybridized carbons (Fsp3) is 0.294. The van der Waals surface area contributed by atoms with Crippen LogP contribution in [0.4, 0.5) is 4.39 Å². The van der Waals surface area contributed by atoms with Gasteiger partial charge in [-0.3, -0.25) is 9.59 Å². The molecule has 2 aliphatic heterocycles. The third kappa shape index (κ3) is 2.28. The Balaban J connectivity index is 1.91. The van der Waals surface area contributed by atoms with Crippen LogP contribution in [0.3, 0.4) is 0 Å². The van der Waals surface area contributed by atoms with E-state index in [0.717, 1.165) is 17.0 Å². The number of Topliss-reactive ketones (excluding diaryl/α,β-unsaturated/α-hetero) is 2. The summed E-state index contributed by atoms with van der Waals surface area (Å²) in [5.41, 5.74) is 3.80. The van der Waals surface area contributed by atoms with Crippen molar-refractivity contribution in [2.75, 3.05) is 13.1 Å². The monoisotopic (exact) mass is 376 g/mol. The molecule has 1 unspecified atom stereocenters. The molecule has 0 fully saturated rings. The van der Waals surface area contributed by atoms with Gasteiger partial charge in [0.2, 0.25) is 0 Å². The summed E-state index contributed by atoms with van der Waals surface area (Å²) in [5, 5.41) is 6.34. The average Bonchev–Trinajstić information content (AvgIpc) is 2.90. The Labute approximate surface area is 141 Å². The highest BCUT2D eigenvalue weighted by atomic mass is 79.9. The number of rotatable bonds is 1. The van der Waals surface area contributed by atoms with E-state index in [1.807, 2.05) is 0 Å². The van der Waals surface area contributed by atoms with Crippen LogP contribution in [0.5, 0.6) is 0 Å². The van der Waals surface area contributed by atoms with Crippen molar-refractivity contribution in [3.63, 3.8) is 0 Å². The molecule has 0 saturated heterocycles. The number of allylic oxidation sites excluding steroid dienone is 2. The predicted molar refractivity (Wildman–Crippen MR) is 86.1 cm³/mol. The predicted octanol–water partition coefficient (Wildman–Crippen LogP) is 2.32. The number of ketones is 2. The third-order valence-corrected chi connectivity index (χ3v) is 5.20. The molecule has 4 nitrogen and oxygen atoms in total. The Morgan fingerprint density at radius 1 is 1.04 bits per heavy atom. The lowest BCUT2D eigenvalue weighted by molar-refractivity contribution is -0.115. The Morgan fingerprint density at radius 2 is 1.83 bits per heavy atom. The fourth-order valence-electron chi connectivity index (χ4n) is 3.60. The molecule has 0 amide bonds. The van der Waals surface area contributed by atoms with Gasteiger partial charge in [-0.15, -0.1) is 0 Å². The molecule has 0 bridgehead atoms. The Bertz CT molecular complexity index is 813. The van der Waals surface area contributed by atoms with Crippen molar-refractivity contribution in [3.05, 3.63) is 56.6 Å². The molecule has 23 heavy (non-hydrogen) atoms. The smallest absolute Gasteiger partial charge is 0.175 e. The van der Waals surface area contributed by atoms with Gasteiger partial charge in [-0.05, 0) is 40.0 Å². The van der Waals surface area contributed by atoms with Gasteiger partial charge in [0.25, 0.3) is 0 Å². The van der Waals surface area contributed by atoms with E-state index in [1.165, 1.54) is 6.07 Å². The van der Waals surface area contributed by atoms with Crippen LogP contribution in [-0.4, -0.2) is 24.7 Å². The van der Waals surface area contributed by atoms with E-state index in [1.54, 1.807) is 12.1 Å². The lowest BCUT2D eigenvalue weighted by Gasteiger charge is -2.33. The van der Waals surface area contributed by atoms with Crippen LogP contribution in [0.1, 0.15) is 24.3 Å². The molecule has 6 heteroatoms. The number of carbonyl (C=O) groups is 2. The molecule has 1 atom stereocenters. The molecule has 2 heterocycles. The summed E-state index contributed by atoms with van der Waals surface area (Å²) in [6, 6.07) is 4.70. The highest BCUT2D eigenvalue weighted by Gasteiger charge is 2.41. The van der Waals surface area contributed by atoms with Crippen LogP contribution >= 0.6 is 15.9 Å². The molecular formula is C17H14BrFN2O2. The molecule has 118 valence electrons. The summed E-state index contributed by atoms with van der Waals surface area (Å²) in [7, 11) is 0. The van der Waals surface area contributed by atoms with Gasteiger partial charge in [-0.2, -0.15) is 0 Å². The zero-order chi connectivity index (χ0) is 16.1. The first-order chi connectivity index (χ1) is 11.1. The molecule has 4 rings (SSSR count). The first-order valence-corrected chi connectivity index (χ1v) is 8.30.